The van der Waals surface area contributed by atoms with E-state index in [-0.39, 0.29) is 11.8 Å². The Balaban J connectivity index is 2.13. The second kappa shape index (κ2) is 7.70. The second-order valence-electron chi connectivity index (χ2n) is 5.93. The van der Waals surface area contributed by atoms with Crippen molar-refractivity contribution >= 4 is 23.2 Å². The van der Waals surface area contributed by atoms with Crippen molar-refractivity contribution in [1.82, 2.24) is 9.88 Å². The van der Waals surface area contributed by atoms with Crippen LogP contribution in [0, 0.1) is 13.8 Å². The van der Waals surface area contributed by atoms with Gasteiger partial charge in [-0.15, -0.1) is 0 Å². The first-order valence-corrected chi connectivity index (χ1v) is 7.65. The van der Waals surface area contributed by atoms with Gasteiger partial charge in [0, 0.05) is 17.1 Å². The number of rotatable bonds is 5. The molecule has 0 aliphatic carbocycles. The van der Waals surface area contributed by atoms with Gasteiger partial charge in [-0.2, -0.15) is 0 Å². The minimum Gasteiger partial charge on any atom is -0.325 e. The minimum absolute atomic E-state index is 0.105. The van der Waals surface area contributed by atoms with Gasteiger partial charge in [-0.05, 0) is 57.8 Å². The summed E-state index contributed by atoms with van der Waals surface area (Å²) in [6.45, 7) is 4.03. The summed E-state index contributed by atoms with van der Waals surface area (Å²) in [6, 6.07) is 10.7. The average Bonchev–Trinajstić information content (AvgIpc) is 2.49. The molecule has 0 saturated heterocycles. The van der Waals surface area contributed by atoms with Crippen LogP contribution in [0.4, 0.5) is 11.4 Å². The summed E-state index contributed by atoms with van der Waals surface area (Å²) in [7, 11) is 3.66. The van der Waals surface area contributed by atoms with E-state index in [0.29, 0.717) is 23.6 Å². The third-order valence-electron chi connectivity index (χ3n) is 3.35. The van der Waals surface area contributed by atoms with E-state index in [4.69, 9.17) is 0 Å². The maximum absolute atomic E-state index is 12.3. The molecule has 0 unspecified atom stereocenters. The highest BCUT2D eigenvalue weighted by Gasteiger charge is 2.10. The first kappa shape index (κ1) is 17.6. The number of pyridine rings is 1. The fraction of sp³-hybridized carbons (Fsp3) is 0.278. The lowest BCUT2D eigenvalue weighted by molar-refractivity contribution is -0.116. The van der Waals surface area contributed by atoms with E-state index in [9.17, 15) is 9.59 Å². The van der Waals surface area contributed by atoms with Crippen molar-refractivity contribution in [3.05, 3.63) is 53.3 Å². The van der Waals surface area contributed by atoms with Crippen molar-refractivity contribution < 1.29 is 9.59 Å². The van der Waals surface area contributed by atoms with E-state index in [1.807, 2.05) is 40.1 Å². The van der Waals surface area contributed by atoms with Crippen LogP contribution in [-0.4, -0.2) is 42.3 Å². The van der Waals surface area contributed by atoms with E-state index in [2.05, 4.69) is 15.6 Å². The lowest BCUT2D eigenvalue weighted by Crippen LogP contribution is -2.27. The van der Waals surface area contributed by atoms with Crippen LogP contribution >= 0.6 is 0 Å². The molecule has 0 fully saturated rings. The molecule has 6 nitrogen and oxygen atoms in total. The molecule has 1 heterocycles. The van der Waals surface area contributed by atoms with E-state index in [1.165, 1.54) is 0 Å². The molecule has 0 aliphatic heterocycles. The SMILES string of the molecule is Cc1cccc(C(=O)Nc2ccc(C)c(NC(=O)CN(C)C)c2)n1. The van der Waals surface area contributed by atoms with Gasteiger partial charge >= 0.3 is 0 Å². The summed E-state index contributed by atoms with van der Waals surface area (Å²) in [6.07, 6.45) is 0. The minimum atomic E-state index is -0.284. The number of aryl methyl sites for hydroxylation is 2. The molecule has 2 rings (SSSR count). The molecule has 2 aromatic rings. The van der Waals surface area contributed by atoms with Crippen molar-refractivity contribution in [1.29, 1.82) is 0 Å². The molecule has 2 amide bonds. The number of amides is 2. The zero-order chi connectivity index (χ0) is 17.7. The highest BCUT2D eigenvalue weighted by Crippen LogP contribution is 2.20. The number of nitrogens with zero attached hydrogens (tertiary/aromatic N) is 2. The van der Waals surface area contributed by atoms with Crippen molar-refractivity contribution in [2.45, 2.75) is 13.8 Å². The summed E-state index contributed by atoms with van der Waals surface area (Å²) in [5.41, 5.74) is 3.34. The zero-order valence-corrected chi connectivity index (χ0v) is 14.4. The molecule has 1 aromatic heterocycles. The van der Waals surface area contributed by atoms with Crippen LogP contribution in [0.1, 0.15) is 21.7 Å². The average molecular weight is 326 g/mol. The van der Waals surface area contributed by atoms with Crippen LogP contribution in [0.3, 0.4) is 0 Å². The van der Waals surface area contributed by atoms with Gasteiger partial charge in [0.15, 0.2) is 0 Å². The summed E-state index contributed by atoms with van der Waals surface area (Å²) < 4.78 is 0. The Bertz CT molecular complexity index is 756. The van der Waals surface area contributed by atoms with Crippen LogP contribution in [0.15, 0.2) is 36.4 Å². The Morgan fingerprint density at radius 3 is 2.50 bits per heavy atom. The molecule has 0 saturated carbocycles. The fourth-order valence-corrected chi connectivity index (χ4v) is 2.18. The molecule has 0 spiro atoms. The maximum atomic E-state index is 12.3. The molecule has 1 aromatic carbocycles. The molecule has 0 radical (unpaired) electrons. The Morgan fingerprint density at radius 1 is 1.08 bits per heavy atom. The predicted molar refractivity (Wildman–Crippen MR) is 95.3 cm³/mol. The van der Waals surface area contributed by atoms with Crippen molar-refractivity contribution in [3.63, 3.8) is 0 Å². The van der Waals surface area contributed by atoms with Crippen molar-refractivity contribution in [3.8, 4) is 0 Å². The third kappa shape index (κ3) is 4.89. The van der Waals surface area contributed by atoms with Gasteiger partial charge in [0.2, 0.25) is 5.91 Å². The maximum Gasteiger partial charge on any atom is 0.274 e. The lowest BCUT2D eigenvalue weighted by atomic mass is 10.1. The van der Waals surface area contributed by atoms with Crippen molar-refractivity contribution in [2.75, 3.05) is 31.3 Å². The lowest BCUT2D eigenvalue weighted by Gasteiger charge is -2.13. The van der Waals surface area contributed by atoms with Crippen LogP contribution < -0.4 is 10.6 Å². The van der Waals surface area contributed by atoms with Gasteiger partial charge in [-0.1, -0.05) is 12.1 Å². The van der Waals surface area contributed by atoms with E-state index in [0.717, 1.165) is 11.3 Å². The van der Waals surface area contributed by atoms with Gasteiger partial charge in [0.05, 0.1) is 6.54 Å². The first-order valence-electron chi connectivity index (χ1n) is 7.65. The molecular weight excluding hydrogens is 304 g/mol. The number of hydrogen-bond acceptors (Lipinski definition) is 4. The topological polar surface area (TPSA) is 74.3 Å². The number of hydrogen-bond donors (Lipinski definition) is 2. The number of benzene rings is 1. The summed E-state index contributed by atoms with van der Waals surface area (Å²) in [5.74, 6) is -0.389. The highest BCUT2D eigenvalue weighted by molar-refractivity contribution is 6.03. The number of aromatic nitrogens is 1. The monoisotopic (exact) mass is 326 g/mol. The third-order valence-corrected chi connectivity index (χ3v) is 3.35. The number of likely N-dealkylation sites (N-methyl/N-ethyl adjacent to an activating group) is 1. The van der Waals surface area contributed by atoms with Gasteiger partial charge in [0.1, 0.15) is 5.69 Å². The highest BCUT2D eigenvalue weighted by atomic mass is 16.2. The number of carbonyl (C=O) groups is 2. The predicted octanol–water partition coefficient (Wildman–Crippen LogP) is 2.45. The normalized spacial score (nSPS) is 10.5. The second-order valence-corrected chi connectivity index (χ2v) is 5.93. The van der Waals surface area contributed by atoms with Gasteiger partial charge in [-0.3, -0.25) is 9.59 Å². The molecule has 0 bridgehead atoms. The van der Waals surface area contributed by atoms with Crippen molar-refractivity contribution in [2.24, 2.45) is 0 Å². The van der Waals surface area contributed by atoms with Gasteiger partial charge in [-0.25, -0.2) is 4.98 Å². The molecule has 24 heavy (non-hydrogen) atoms. The number of anilines is 2. The largest absolute Gasteiger partial charge is 0.325 e. The molecule has 2 N–H and O–H groups in total. The molecular formula is C18H22N4O2. The van der Waals surface area contributed by atoms with Crippen LogP contribution in [0.2, 0.25) is 0 Å². The first-order chi connectivity index (χ1) is 11.3. The standard InChI is InChI=1S/C18H22N4O2/c1-12-8-9-14(10-16(12)21-17(23)11-22(3)4)20-18(24)15-7-5-6-13(2)19-15/h5-10H,11H2,1-4H3,(H,20,24)(H,21,23). The smallest absolute Gasteiger partial charge is 0.274 e. The quantitative estimate of drug-likeness (QED) is 0.885. The van der Waals surface area contributed by atoms with Crippen LogP contribution in [-0.2, 0) is 4.79 Å². The van der Waals surface area contributed by atoms with Gasteiger partial charge < -0.3 is 15.5 Å². The fourth-order valence-electron chi connectivity index (χ4n) is 2.18. The number of nitrogens with one attached hydrogen (secondary N) is 2. The molecule has 0 aliphatic rings. The molecule has 6 heteroatoms. The van der Waals surface area contributed by atoms with Crippen LogP contribution in [0.5, 0.6) is 0 Å². The van der Waals surface area contributed by atoms with E-state index >= 15 is 0 Å². The molecule has 0 atom stereocenters. The Labute approximate surface area is 141 Å². The molecule has 126 valence electrons. The van der Waals surface area contributed by atoms with Crippen LogP contribution in [0.25, 0.3) is 0 Å². The van der Waals surface area contributed by atoms with Gasteiger partial charge in [0.25, 0.3) is 5.91 Å². The Morgan fingerprint density at radius 2 is 1.83 bits per heavy atom. The number of carbonyl (C=O) groups excluding carboxylic acids is 2. The zero-order valence-electron chi connectivity index (χ0n) is 14.4. The summed E-state index contributed by atoms with van der Waals surface area (Å²) in [4.78, 5) is 30.2. The Hall–Kier alpha value is -2.73. The summed E-state index contributed by atoms with van der Waals surface area (Å²) >= 11 is 0. The summed E-state index contributed by atoms with van der Waals surface area (Å²) in [5, 5.41) is 5.66. The van der Waals surface area contributed by atoms with E-state index < -0.39 is 0 Å². The van der Waals surface area contributed by atoms with E-state index in [1.54, 1.807) is 29.2 Å². The Kier molecular flexibility index (Phi) is 5.65.